The number of hydrogen-bond donors (Lipinski definition) is 0. The molecule has 0 radical (unpaired) electrons. The lowest BCUT2D eigenvalue weighted by molar-refractivity contribution is -0.142. The molecule has 5 rings (SSSR count). The molecule has 184 valence electrons. The lowest BCUT2D eigenvalue weighted by Crippen LogP contribution is -2.16. The molecule has 0 fully saturated rings. The molecule has 36 heavy (non-hydrogen) atoms. The summed E-state index contributed by atoms with van der Waals surface area (Å²) in [6.45, 7) is 3.71. The number of benzene rings is 3. The van der Waals surface area contributed by atoms with Crippen LogP contribution >= 0.6 is 0 Å². The van der Waals surface area contributed by atoms with Crippen molar-refractivity contribution in [1.29, 1.82) is 0 Å². The Morgan fingerprint density at radius 3 is 2.19 bits per heavy atom. The number of anilines is 2. The predicted molar refractivity (Wildman–Crippen MR) is 143 cm³/mol. The van der Waals surface area contributed by atoms with E-state index in [4.69, 9.17) is 14.5 Å². The summed E-state index contributed by atoms with van der Waals surface area (Å²) >= 11 is 0. The Labute approximate surface area is 210 Å². The number of para-hydroxylation sites is 1. The lowest BCUT2D eigenvalue weighted by atomic mass is 9.91. The van der Waals surface area contributed by atoms with Gasteiger partial charge in [0.2, 0.25) is 0 Å². The molecular formula is C30H30N2O4. The highest BCUT2D eigenvalue weighted by Crippen LogP contribution is 2.48. The first-order valence-electron chi connectivity index (χ1n) is 12.4. The van der Waals surface area contributed by atoms with Crippen LogP contribution in [-0.2, 0) is 31.9 Å². The topological polar surface area (TPSA) is 68.7 Å². The molecule has 0 atom stereocenters. The Hall–Kier alpha value is -3.93. The molecule has 1 aliphatic heterocycles. The summed E-state index contributed by atoms with van der Waals surface area (Å²) in [5.74, 6) is -0.494. The summed E-state index contributed by atoms with van der Waals surface area (Å²) in [4.78, 5) is 29.7. The van der Waals surface area contributed by atoms with Crippen LogP contribution in [0.1, 0.15) is 37.8 Å². The van der Waals surface area contributed by atoms with Crippen LogP contribution in [0.25, 0.3) is 32.9 Å². The number of fused-ring (bicyclic) bond motifs is 4. The summed E-state index contributed by atoms with van der Waals surface area (Å²) in [6.07, 6.45) is 3.18. The van der Waals surface area contributed by atoms with E-state index in [0.29, 0.717) is 13.2 Å². The minimum absolute atomic E-state index is 0.246. The molecule has 0 amide bonds. The molecule has 4 aromatic rings. The second kappa shape index (κ2) is 9.97. The van der Waals surface area contributed by atoms with Gasteiger partial charge in [-0.15, -0.1) is 0 Å². The van der Waals surface area contributed by atoms with Crippen molar-refractivity contribution < 1.29 is 19.1 Å². The maximum absolute atomic E-state index is 11.2. The summed E-state index contributed by atoms with van der Waals surface area (Å²) in [6, 6.07) is 19.3. The number of pyridine rings is 1. The van der Waals surface area contributed by atoms with Crippen LogP contribution in [0.5, 0.6) is 0 Å². The molecule has 2 heterocycles. The fraction of sp³-hybridized carbons (Fsp3) is 0.300. The standard InChI is InChI=1S/C30H30N2O4/c1-19(33)35-14-6-8-21-12-13-26-24(16-21)25-17-22(9-7-15-36-20(2)34)18-28-29(25)30(31-26)23-10-4-5-11-27(23)32(28)3/h4-5,10-13,16-18H,6-9,14-15H2,1-3H3. The van der Waals surface area contributed by atoms with E-state index in [0.717, 1.165) is 64.6 Å². The maximum Gasteiger partial charge on any atom is 0.302 e. The molecule has 6 nitrogen and oxygen atoms in total. The van der Waals surface area contributed by atoms with Crippen molar-refractivity contribution in [3.63, 3.8) is 0 Å². The number of aromatic nitrogens is 1. The summed E-state index contributed by atoms with van der Waals surface area (Å²) in [5, 5.41) is 3.46. The monoisotopic (exact) mass is 482 g/mol. The van der Waals surface area contributed by atoms with Gasteiger partial charge in [-0.1, -0.05) is 30.3 Å². The largest absolute Gasteiger partial charge is 0.466 e. The number of nitrogens with zero attached hydrogens (tertiary/aromatic N) is 2. The van der Waals surface area contributed by atoms with E-state index in [1.165, 1.54) is 30.4 Å². The van der Waals surface area contributed by atoms with Crippen molar-refractivity contribution in [3.05, 3.63) is 65.7 Å². The zero-order valence-corrected chi connectivity index (χ0v) is 21.0. The Morgan fingerprint density at radius 2 is 1.47 bits per heavy atom. The average molecular weight is 483 g/mol. The normalized spacial score (nSPS) is 12.0. The van der Waals surface area contributed by atoms with Gasteiger partial charge in [-0.05, 0) is 66.5 Å². The van der Waals surface area contributed by atoms with Gasteiger partial charge in [0.25, 0.3) is 0 Å². The third-order valence-corrected chi connectivity index (χ3v) is 6.71. The van der Waals surface area contributed by atoms with E-state index in [1.807, 2.05) is 0 Å². The molecule has 0 bridgehead atoms. The van der Waals surface area contributed by atoms with Crippen molar-refractivity contribution in [2.75, 3.05) is 25.2 Å². The van der Waals surface area contributed by atoms with E-state index >= 15 is 0 Å². The average Bonchev–Trinajstić information content (AvgIpc) is 2.87. The van der Waals surface area contributed by atoms with Crippen molar-refractivity contribution in [3.8, 4) is 11.3 Å². The van der Waals surface area contributed by atoms with Crippen molar-refractivity contribution in [2.24, 2.45) is 0 Å². The summed E-state index contributed by atoms with van der Waals surface area (Å²) < 4.78 is 10.3. The number of ether oxygens (including phenoxy) is 2. The van der Waals surface area contributed by atoms with Crippen molar-refractivity contribution >= 4 is 45.0 Å². The van der Waals surface area contributed by atoms with E-state index in [1.54, 1.807) is 0 Å². The molecule has 0 spiro atoms. The van der Waals surface area contributed by atoms with Gasteiger partial charge in [0.1, 0.15) is 0 Å². The van der Waals surface area contributed by atoms with Gasteiger partial charge in [0, 0.05) is 37.2 Å². The van der Waals surface area contributed by atoms with E-state index < -0.39 is 0 Å². The minimum Gasteiger partial charge on any atom is -0.466 e. The molecule has 0 N–H and O–H groups in total. The summed E-state index contributed by atoms with van der Waals surface area (Å²) in [7, 11) is 2.11. The highest BCUT2D eigenvalue weighted by molar-refractivity contribution is 6.19. The van der Waals surface area contributed by atoms with Gasteiger partial charge in [-0.2, -0.15) is 0 Å². The molecule has 1 aromatic heterocycles. The second-order valence-electron chi connectivity index (χ2n) is 9.31. The zero-order chi connectivity index (χ0) is 25.2. The zero-order valence-electron chi connectivity index (χ0n) is 21.0. The van der Waals surface area contributed by atoms with Crippen LogP contribution in [0.3, 0.4) is 0 Å². The van der Waals surface area contributed by atoms with Gasteiger partial charge in [0.05, 0.1) is 35.8 Å². The van der Waals surface area contributed by atoms with Gasteiger partial charge < -0.3 is 14.4 Å². The molecule has 0 unspecified atom stereocenters. The van der Waals surface area contributed by atoms with E-state index in [9.17, 15) is 9.59 Å². The smallest absolute Gasteiger partial charge is 0.302 e. The molecule has 1 aliphatic rings. The maximum atomic E-state index is 11.2. The number of esters is 2. The summed E-state index contributed by atoms with van der Waals surface area (Å²) in [5.41, 5.74) is 7.77. The lowest BCUT2D eigenvalue weighted by Gasteiger charge is -2.30. The van der Waals surface area contributed by atoms with Crippen LogP contribution in [0.15, 0.2) is 54.6 Å². The van der Waals surface area contributed by atoms with Crippen LogP contribution < -0.4 is 4.90 Å². The quantitative estimate of drug-likeness (QED) is 0.171. The Bertz CT molecular complexity index is 1480. The van der Waals surface area contributed by atoms with Crippen molar-refractivity contribution in [2.45, 2.75) is 39.5 Å². The first-order chi connectivity index (χ1) is 17.4. The Balaban J connectivity index is 1.61. The van der Waals surface area contributed by atoms with Crippen LogP contribution in [0, 0.1) is 0 Å². The third kappa shape index (κ3) is 4.63. The fourth-order valence-corrected chi connectivity index (χ4v) is 5.06. The van der Waals surface area contributed by atoms with E-state index in [2.05, 4.69) is 66.5 Å². The van der Waals surface area contributed by atoms with Crippen LogP contribution in [0.2, 0.25) is 0 Å². The van der Waals surface area contributed by atoms with Gasteiger partial charge in [-0.3, -0.25) is 9.59 Å². The Kier molecular flexibility index (Phi) is 6.59. The van der Waals surface area contributed by atoms with Gasteiger partial charge >= 0.3 is 11.9 Å². The van der Waals surface area contributed by atoms with Crippen LogP contribution in [-0.4, -0.2) is 37.2 Å². The number of aryl methyl sites for hydroxylation is 2. The molecule has 0 aliphatic carbocycles. The molecular weight excluding hydrogens is 452 g/mol. The molecule has 0 saturated heterocycles. The SMILES string of the molecule is CC(=O)OCCCc1ccc2nc3c4c(cc(CCCOC(C)=O)cc4c2c1)N(C)c1ccccc1-3. The first kappa shape index (κ1) is 23.8. The fourth-order valence-electron chi connectivity index (χ4n) is 5.06. The van der Waals surface area contributed by atoms with Gasteiger partial charge in [-0.25, -0.2) is 4.98 Å². The first-order valence-corrected chi connectivity index (χ1v) is 12.4. The highest BCUT2D eigenvalue weighted by atomic mass is 16.5. The number of hydrogen-bond acceptors (Lipinski definition) is 6. The number of carbonyl (C=O) groups excluding carboxylic acids is 2. The third-order valence-electron chi connectivity index (χ3n) is 6.71. The van der Waals surface area contributed by atoms with Gasteiger partial charge in [0.15, 0.2) is 0 Å². The molecule has 0 saturated carbocycles. The highest BCUT2D eigenvalue weighted by Gasteiger charge is 2.25. The molecule has 6 heteroatoms. The minimum atomic E-state index is -0.247. The van der Waals surface area contributed by atoms with Crippen molar-refractivity contribution in [1.82, 2.24) is 4.98 Å². The van der Waals surface area contributed by atoms with Crippen LogP contribution in [0.4, 0.5) is 11.4 Å². The second-order valence-corrected chi connectivity index (χ2v) is 9.31. The number of carbonyl (C=O) groups is 2. The Morgan fingerprint density at radius 1 is 0.806 bits per heavy atom. The van der Waals surface area contributed by atoms with E-state index in [-0.39, 0.29) is 11.9 Å². The predicted octanol–water partition coefficient (Wildman–Crippen LogP) is 6.13. The number of rotatable bonds is 8. The molecule has 3 aromatic carbocycles.